The van der Waals surface area contributed by atoms with Crippen molar-refractivity contribution in [2.45, 2.75) is 19.8 Å². The van der Waals surface area contributed by atoms with Crippen LogP contribution in [0.4, 0.5) is 0 Å². The maximum atomic E-state index is 4.32. The van der Waals surface area contributed by atoms with Crippen molar-refractivity contribution in [1.29, 1.82) is 0 Å². The van der Waals surface area contributed by atoms with Gasteiger partial charge in [-0.15, -0.1) is 5.10 Å². The lowest BCUT2D eigenvalue weighted by atomic mass is 10.2. The van der Waals surface area contributed by atoms with Crippen molar-refractivity contribution in [1.82, 2.24) is 19.6 Å². The van der Waals surface area contributed by atoms with E-state index in [9.17, 15) is 0 Å². The zero-order valence-corrected chi connectivity index (χ0v) is 7.67. The van der Waals surface area contributed by atoms with Crippen LogP contribution in [0.15, 0.2) is 6.20 Å². The van der Waals surface area contributed by atoms with Crippen LogP contribution in [0.3, 0.4) is 0 Å². The van der Waals surface area contributed by atoms with Crippen LogP contribution in [-0.2, 0) is 0 Å². The van der Waals surface area contributed by atoms with Crippen LogP contribution in [0.2, 0.25) is 0 Å². The van der Waals surface area contributed by atoms with E-state index in [1.807, 2.05) is 0 Å². The Morgan fingerprint density at radius 3 is 3.00 bits per heavy atom. The fourth-order valence-electron chi connectivity index (χ4n) is 0.890. The van der Waals surface area contributed by atoms with E-state index in [-0.39, 0.29) is 0 Å². The number of aromatic nitrogens is 4. The van der Waals surface area contributed by atoms with Crippen LogP contribution in [0.5, 0.6) is 0 Å². The molecule has 12 heavy (non-hydrogen) atoms. The predicted molar refractivity (Wildman–Crippen MR) is 47.1 cm³/mol. The number of hydrogen-bond donors (Lipinski definition) is 0. The second-order valence-electron chi connectivity index (χ2n) is 2.85. The molecule has 0 aliphatic carbocycles. The Bertz CT molecular complexity index is 395. The van der Waals surface area contributed by atoms with Gasteiger partial charge in [-0.05, 0) is 0 Å². The normalized spacial score (nSPS) is 11.2. The smallest absolute Gasteiger partial charge is 0.167 e. The molecular formula is C7H8N4S. The molecule has 2 rings (SSSR count). The third kappa shape index (κ3) is 1.16. The molecule has 0 fully saturated rings. The van der Waals surface area contributed by atoms with Gasteiger partial charge in [-0.2, -0.15) is 0 Å². The Hall–Kier alpha value is -1.10. The molecule has 0 unspecified atom stereocenters. The van der Waals surface area contributed by atoms with E-state index < -0.39 is 0 Å². The quantitative estimate of drug-likeness (QED) is 0.669. The summed E-state index contributed by atoms with van der Waals surface area (Å²) in [5.41, 5.74) is 0.782. The summed E-state index contributed by atoms with van der Waals surface area (Å²) in [5.74, 6) is 1.21. The average Bonchev–Trinajstić information content (AvgIpc) is 2.49. The zero-order chi connectivity index (χ0) is 8.55. The van der Waals surface area contributed by atoms with Crippen molar-refractivity contribution in [3.8, 4) is 0 Å². The van der Waals surface area contributed by atoms with Gasteiger partial charge in [0.25, 0.3) is 0 Å². The SMILES string of the molecule is CC(C)c1ncc2nnsc2n1. The molecule has 0 saturated heterocycles. The Kier molecular flexibility index (Phi) is 1.73. The maximum Gasteiger partial charge on any atom is 0.167 e. The Labute approximate surface area is 73.8 Å². The summed E-state index contributed by atoms with van der Waals surface area (Å²) in [7, 11) is 0. The van der Waals surface area contributed by atoms with Crippen molar-refractivity contribution < 1.29 is 0 Å². The number of fused-ring (bicyclic) bond motifs is 1. The first kappa shape index (κ1) is 7.54. The molecule has 2 aromatic rings. The second kappa shape index (κ2) is 2.75. The first-order valence-corrected chi connectivity index (χ1v) is 4.49. The van der Waals surface area contributed by atoms with Gasteiger partial charge in [0.05, 0.1) is 6.20 Å². The van der Waals surface area contributed by atoms with Crippen LogP contribution < -0.4 is 0 Å². The molecule has 0 bridgehead atoms. The van der Waals surface area contributed by atoms with E-state index >= 15 is 0 Å². The molecule has 0 spiro atoms. The van der Waals surface area contributed by atoms with Crippen molar-refractivity contribution >= 4 is 21.9 Å². The molecule has 0 radical (unpaired) electrons. The highest BCUT2D eigenvalue weighted by Gasteiger charge is 2.05. The van der Waals surface area contributed by atoms with Gasteiger partial charge in [-0.1, -0.05) is 18.3 Å². The highest BCUT2D eigenvalue weighted by molar-refractivity contribution is 7.12. The lowest BCUT2D eigenvalue weighted by Crippen LogP contribution is -1.95. The van der Waals surface area contributed by atoms with E-state index in [2.05, 4.69) is 33.4 Å². The minimum Gasteiger partial charge on any atom is -0.239 e. The molecule has 0 atom stereocenters. The van der Waals surface area contributed by atoms with E-state index in [0.717, 1.165) is 16.2 Å². The van der Waals surface area contributed by atoms with Crippen LogP contribution in [0.25, 0.3) is 10.3 Å². The molecule has 0 aromatic carbocycles. The summed E-state index contributed by atoms with van der Waals surface area (Å²) in [4.78, 5) is 9.36. The van der Waals surface area contributed by atoms with E-state index in [1.165, 1.54) is 11.5 Å². The minimum atomic E-state index is 0.358. The van der Waals surface area contributed by atoms with Crippen LogP contribution in [-0.4, -0.2) is 19.6 Å². The molecule has 5 heteroatoms. The van der Waals surface area contributed by atoms with Gasteiger partial charge < -0.3 is 0 Å². The molecule has 2 aromatic heterocycles. The van der Waals surface area contributed by atoms with Gasteiger partial charge in [0.15, 0.2) is 4.83 Å². The number of rotatable bonds is 1. The molecular weight excluding hydrogens is 172 g/mol. The Morgan fingerprint density at radius 2 is 2.25 bits per heavy atom. The van der Waals surface area contributed by atoms with Crippen molar-refractivity contribution in [3.05, 3.63) is 12.0 Å². The predicted octanol–water partition coefficient (Wildman–Crippen LogP) is 1.60. The van der Waals surface area contributed by atoms with E-state index in [4.69, 9.17) is 0 Å². The summed E-state index contributed by atoms with van der Waals surface area (Å²) >= 11 is 1.31. The molecule has 62 valence electrons. The number of hydrogen-bond acceptors (Lipinski definition) is 5. The Morgan fingerprint density at radius 1 is 1.42 bits per heavy atom. The Balaban J connectivity index is 2.60. The standard InChI is InChI=1S/C7H8N4S/c1-4(2)6-8-3-5-7(9-6)12-11-10-5/h3-4H,1-2H3. The van der Waals surface area contributed by atoms with Crippen LogP contribution in [0.1, 0.15) is 25.6 Å². The fraction of sp³-hybridized carbons (Fsp3) is 0.429. The topological polar surface area (TPSA) is 51.6 Å². The summed E-state index contributed by atoms with van der Waals surface area (Å²) in [6, 6.07) is 0. The fourth-order valence-corrected chi connectivity index (χ4v) is 1.42. The lowest BCUT2D eigenvalue weighted by Gasteiger charge is -1.99. The van der Waals surface area contributed by atoms with Crippen LogP contribution >= 0.6 is 11.5 Å². The van der Waals surface area contributed by atoms with Crippen molar-refractivity contribution in [2.24, 2.45) is 0 Å². The van der Waals surface area contributed by atoms with Gasteiger partial charge in [0.1, 0.15) is 11.3 Å². The van der Waals surface area contributed by atoms with Gasteiger partial charge in [0, 0.05) is 17.5 Å². The minimum absolute atomic E-state index is 0.358. The molecule has 2 heterocycles. The summed E-state index contributed by atoms with van der Waals surface area (Å²) < 4.78 is 3.79. The van der Waals surface area contributed by atoms with Crippen molar-refractivity contribution in [3.63, 3.8) is 0 Å². The van der Waals surface area contributed by atoms with Gasteiger partial charge in [-0.25, -0.2) is 9.97 Å². The second-order valence-corrected chi connectivity index (χ2v) is 3.58. The molecule has 0 aliphatic rings. The maximum absolute atomic E-state index is 4.32. The molecule has 4 nitrogen and oxygen atoms in total. The molecule has 0 amide bonds. The monoisotopic (exact) mass is 180 g/mol. The van der Waals surface area contributed by atoms with E-state index in [1.54, 1.807) is 6.20 Å². The van der Waals surface area contributed by atoms with Crippen molar-refractivity contribution in [2.75, 3.05) is 0 Å². The summed E-state index contributed by atoms with van der Waals surface area (Å²) in [6.45, 7) is 4.13. The zero-order valence-electron chi connectivity index (χ0n) is 6.85. The highest BCUT2D eigenvalue weighted by Crippen LogP contribution is 2.14. The first-order chi connectivity index (χ1) is 5.77. The van der Waals surface area contributed by atoms with Crippen LogP contribution in [0, 0.1) is 0 Å². The van der Waals surface area contributed by atoms with Gasteiger partial charge in [0.2, 0.25) is 0 Å². The lowest BCUT2D eigenvalue weighted by molar-refractivity contribution is 0.783. The van der Waals surface area contributed by atoms with E-state index in [0.29, 0.717) is 5.92 Å². The number of nitrogens with zero attached hydrogens (tertiary/aromatic N) is 4. The summed E-state index contributed by atoms with van der Waals surface area (Å²) in [5, 5.41) is 3.86. The third-order valence-electron chi connectivity index (χ3n) is 1.55. The molecule has 0 aliphatic heterocycles. The van der Waals surface area contributed by atoms with Gasteiger partial charge >= 0.3 is 0 Å². The molecule has 0 N–H and O–H groups in total. The first-order valence-electron chi connectivity index (χ1n) is 3.72. The largest absolute Gasteiger partial charge is 0.239 e. The average molecular weight is 180 g/mol. The third-order valence-corrected chi connectivity index (χ3v) is 2.18. The highest BCUT2D eigenvalue weighted by atomic mass is 32.1. The van der Waals surface area contributed by atoms with Gasteiger partial charge in [-0.3, -0.25) is 0 Å². The summed E-state index contributed by atoms with van der Waals surface area (Å²) in [6.07, 6.45) is 1.72. The molecule has 0 saturated carbocycles.